The van der Waals surface area contributed by atoms with Crippen LogP contribution in [-0.2, 0) is 9.53 Å². The van der Waals surface area contributed by atoms with Crippen molar-refractivity contribution < 1.29 is 14.6 Å². The number of carbonyl (C=O) groups is 1. The number of nitrogens with zero attached hydrogens (tertiary/aromatic N) is 1. The van der Waals surface area contributed by atoms with E-state index in [9.17, 15) is 4.79 Å². The minimum absolute atomic E-state index is 0.0579. The van der Waals surface area contributed by atoms with E-state index in [0.29, 0.717) is 12.1 Å². The minimum Gasteiger partial charge on any atom is -0.451 e. The molecule has 5 nitrogen and oxygen atoms in total. The second kappa shape index (κ2) is 6.46. The number of nitriles is 1. The van der Waals surface area contributed by atoms with Crippen molar-refractivity contribution in [2.75, 3.05) is 18.5 Å². The van der Waals surface area contributed by atoms with Gasteiger partial charge in [-0.15, -0.1) is 0 Å². The lowest BCUT2D eigenvalue weighted by atomic mass is 9.95. The van der Waals surface area contributed by atoms with Gasteiger partial charge in [0.25, 0.3) is 0 Å². The van der Waals surface area contributed by atoms with Crippen molar-refractivity contribution in [1.29, 1.82) is 5.26 Å². The van der Waals surface area contributed by atoms with Crippen LogP contribution in [0.2, 0.25) is 0 Å². The van der Waals surface area contributed by atoms with Gasteiger partial charge in [-0.1, -0.05) is 24.3 Å². The summed E-state index contributed by atoms with van der Waals surface area (Å²) in [5, 5.41) is 20.9. The molecule has 114 valence electrons. The molecule has 0 aliphatic carbocycles. The fourth-order valence-corrected chi connectivity index (χ4v) is 2.23. The van der Waals surface area contributed by atoms with Crippen molar-refractivity contribution in [3.8, 4) is 6.07 Å². The van der Waals surface area contributed by atoms with E-state index in [1.54, 1.807) is 19.9 Å². The van der Waals surface area contributed by atoms with Gasteiger partial charge in [0, 0.05) is 17.8 Å². The van der Waals surface area contributed by atoms with E-state index in [4.69, 9.17) is 15.1 Å². The highest BCUT2D eigenvalue weighted by Crippen LogP contribution is 2.33. The van der Waals surface area contributed by atoms with Crippen LogP contribution in [0.4, 0.5) is 5.69 Å². The Bertz CT molecular complexity index is 664. The first-order valence-corrected chi connectivity index (χ1v) is 6.99. The largest absolute Gasteiger partial charge is 0.451 e. The predicted octanol–water partition coefficient (Wildman–Crippen LogP) is 2.26. The van der Waals surface area contributed by atoms with Crippen molar-refractivity contribution in [2.24, 2.45) is 0 Å². The van der Waals surface area contributed by atoms with E-state index in [2.05, 4.69) is 5.32 Å². The molecule has 1 aromatic rings. The highest BCUT2D eigenvalue weighted by molar-refractivity contribution is 5.98. The van der Waals surface area contributed by atoms with Crippen LogP contribution in [0.3, 0.4) is 0 Å². The summed E-state index contributed by atoms with van der Waals surface area (Å²) in [6.07, 6.45) is 3.59. The first-order valence-electron chi connectivity index (χ1n) is 6.99. The fourth-order valence-electron chi connectivity index (χ4n) is 2.23. The number of hydrogen-bond acceptors (Lipinski definition) is 5. The molecule has 0 aromatic heterocycles. The summed E-state index contributed by atoms with van der Waals surface area (Å²) in [5.74, 6) is -0.573. The molecule has 0 bridgehead atoms. The first kappa shape index (κ1) is 15.8. The Morgan fingerprint density at radius 2 is 2.00 bits per heavy atom. The summed E-state index contributed by atoms with van der Waals surface area (Å²) in [4.78, 5) is 11.6. The van der Waals surface area contributed by atoms with E-state index < -0.39 is 11.6 Å². The van der Waals surface area contributed by atoms with Crippen LogP contribution in [-0.4, -0.2) is 29.8 Å². The molecule has 0 saturated carbocycles. The summed E-state index contributed by atoms with van der Waals surface area (Å²) < 4.78 is 5.20. The van der Waals surface area contributed by atoms with E-state index in [1.807, 2.05) is 36.4 Å². The van der Waals surface area contributed by atoms with Gasteiger partial charge in [-0.2, -0.15) is 5.26 Å². The number of esters is 1. The smallest absolute Gasteiger partial charge is 0.350 e. The monoisotopic (exact) mass is 298 g/mol. The lowest BCUT2D eigenvalue weighted by molar-refractivity contribution is -0.144. The van der Waals surface area contributed by atoms with Gasteiger partial charge < -0.3 is 15.2 Å². The van der Waals surface area contributed by atoms with Crippen LogP contribution in [0.5, 0.6) is 0 Å². The van der Waals surface area contributed by atoms with Gasteiger partial charge in [0.15, 0.2) is 0 Å². The molecule has 2 N–H and O–H groups in total. The molecule has 1 heterocycles. The summed E-state index contributed by atoms with van der Waals surface area (Å²) in [7, 11) is 0. The lowest BCUT2D eigenvalue weighted by Gasteiger charge is -2.18. The molecule has 5 heteroatoms. The molecular formula is C17H18N2O3. The van der Waals surface area contributed by atoms with Gasteiger partial charge in [-0.05, 0) is 31.5 Å². The third-order valence-corrected chi connectivity index (χ3v) is 3.38. The molecule has 0 radical (unpaired) electrons. The van der Waals surface area contributed by atoms with E-state index in [1.165, 1.54) is 0 Å². The second-order valence-corrected chi connectivity index (χ2v) is 5.41. The van der Waals surface area contributed by atoms with Gasteiger partial charge in [-0.25, -0.2) is 4.79 Å². The Labute approximate surface area is 129 Å². The molecule has 0 spiro atoms. The molecule has 1 aromatic carbocycles. The zero-order valence-electron chi connectivity index (χ0n) is 12.6. The Morgan fingerprint density at radius 3 is 2.59 bits per heavy atom. The van der Waals surface area contributed by atoms with Crippen LogP contribution < -0.4 is 5.32 Å². The van der Waals surface area contributed by atoms with Crippen LogP contribution >= 0.6 is 0 Å². The third kappa shape index (κ3) is 3.35. The number of rotatable bonds is 5. The summed E-state index contributed by atoms with van der Waals surface area (Å²) in [6, 6.07) is 9.53. The molecule has 0 fully saturated rings. The van der Waals surface area contributed by atoms with Crippen LogP contribution in [0.25, 0.3) is 6.08 Å². The molecule has 1 aliphatic rings. The van der Waals surface area contributed by atoms with E-state index in [-0.39, 0.29) is 12.2 Å². The van der Waals surface area contributed by atoms with Crippen molar-refractivity contribution in [2.45, 2.75) is 19.4 Å². The van der Waals surface area contributed by atoms with Gasteiger partial charge in [0.1, 0.15) is 17.2 Å². The summed E-state index contributed by atoms with van der Waals surface area (Å²) >= 11 is 0. The number of anilines is 1. The predicted molar refractivity (Wildman–Crippen MR) is 83.9 cm³/mol. The summed E-state index contributed by atoms with van der Waals surface area (Å²) in [6.45, 7) is 4.10. The van der Waals surface area contributed by atoms with E-state index >= 15 is 0 Å². The maximum absolute atomic E-state index is 11.6. The Hall–Kier alpha value is -2.58. The van der Waals surface area contributed by atoms with E-state index in [0.717, 1.165) is 11.3 Å². The number of nitrogens with one attached hydrogen (secondary N) is 1. The lowest BCUT2D eigenvalue weighted by Crippen LogP contribution is -2.22. The van der Waals surface area contributed by atoms with Gasteiger partial charge in [0.2, 0.25) is 0 Å². The molecule has 0 amide bonds. The molecular weight excluding hydrogens is 280 g/mol. The molecule has 1 aliphatic heterocycles. The number of cyclic esters (lactones) is 1. The normalized spacial score (nSPS) is 16.7. The topological polar surface area (TPSA) is 82.4 Å². The van der Waals surface area contributed by atoms with Gasteiger partial charge in [-0.3, -0.25) is 0 Å². The molecule has 0 saturated heterocycles. The minimum atomic E-state index is -0.790. The average molecular weight is 298 g/mol. The first-order chi connectivity index (χ1) is 10.5. The summed E-state index contributed by atoms with van der Waals surface area (Å²) in [5.41, 5.74) is 1.71. The van der Waals surface area contributed by atoms with Crippen molar-refractivity contribution in [3.05, 3.63) is 47.1 Å². The zero-order valence-corrected chi connectivity index (χ0v) is 12.6. The number of benzene rings is 1. The number of carbonyl (C=O) groups excluding carboxylic acids is 1. The molecule has 0 atom stereocenters. The molecule has 0 unspecified atom stereocenters. The molecule has 2 rings (SSSR count). The van der Waals surface area contributed by atoms with Crippen LogP contribution in [0, 0.1) is 11.3 Å². The van der Waals surface area contributed by atoms with Gasteiger partial charge in [0.05, 0.1) is 6.61 Å². The standard InChI is InChI=1S/C17H18N2O3/c1-17(2)15(14(11-18)16(21)22-17)8-5-12-3-6-13(7-4-12)19-9-10-20/h3-8,19-20H,9-10H2,1-2H3/b8-5+. The SMILES string of the molecule is CC1(C)OC(=O)C(C#N)=C1/C=C/c1ccc(NCCO)cc1. The highest BCUT2D eigenvalue weighted by atomic mass is 16.6. The zero-order chi connectivity index (χ0) is 16.2. The van der Waals surface area contributed by atoms with Crippen LogP contribution in [0.1, 0.15) is 19.4 Å². The van der Waals surface area contributed by atoms with Crippen molar-refractivity contribution in [1.82, 2.24) is 0 Å². The number of aliphatic hydroxyl groups excluding tert-OH is 1. The fraction of sp³-hybridized carbons (Fsp3) is 0.294. The highest BCUT2D eigenvalue weighted by Gasteiger charge is 2.39. The number of ether oxygens (including phenoxy) is 1. The maximum atomic E-state index is 11.6. The van der Waals surface area contributed by atoms with Gasteiger partial charge >= 0.3 is 5.97 Å². The average Bonchev–Trinajstić information content (AvgIpc) is 2.71. The third-order valence-electron chi connectivity index (χ3n) is 3.38. The Morgan fingerprint density at radius 1 is 1.32 bits per heavy atom. The quantitative estimate of drug-likeness (QED) is 0.815. The number of hydrogen-bond donors (Lipinski definition) is 2. The van der Waals surface area contributed by atoms with Crippen LogP contribution in [0.15, 0.2) is 41.5 Å². The second-order valence-electron chi connectivity index (χ2n) is 5.41. The maximum Gasteiger partial charge on any atom is 0.350 e. The van der Waals surface area contributed by atoms with Crippen molar-refractivity contribution >= 4 is 17.7 Å². The molecule has 22 heavy (non-hydrogen) atoms. The van der Waals surface area contributed by atoms with Crippen molar-refractivity contribution in [3.63, 3.8) is 0 Å². The Balaban J connectivity index is 2.19. The Kier molecular flexibility index (Phi) is 4.64. The number of aliphatic hydroxyl groups is 1.